The summed E-state index contributed by atoms with van der Waals surface area (Å²) in [5.74, 6) is 0.602. The maximum atomic E-state index is 13.5. The molecule has 5 nitrogen and oxygen atoms in total. The lowest BCUT2D eigenvalue weighted by Crippen LogP contribution is -2.46. The van der Waals surface area contributed by atoms with Gasteiger partial charge in [0.05, 0.1) is 12.6 Å². The molecule has 1 aromatic carbocycles. The summed E-state index contributed by atoms with van der Waals surface area (Å²) in [6.07, 6.45) is 5.96. The number of benzene rings is 1. The lowest BCUT2D eigenvalue weighted by Gasteiger charge is -2.37. The van der Waals surface area contributed by atoms with Crippen LogP contribution in [0.15, 0.2) is 35.7 Å². The fraction of sp³-hybridized carbons (Fsp3) is 0.586. The summed E-state index contributed by atoms with van der Waals surface area (Å²) in [6.45, 7) is 10.6. The van der Waals surface area contributed by atoms with Crippen molar-refractivity contribution in [3.63, 3.8) is 0 Å². The Kier molecular flexibility index (Phi) is 9.01. The minimum atomic E-state index is 0.125. The van der Waals surface area contributed by atoms with Gasteiger partial charge in [-0.1, -0.05) is 51.0 Å². The molecule has 1 aromatic heterocycles. The number of amides is 2. The molecule has 0 unspecified atom stereocenters. The third-order valence-electron chi connectivity index (χ3n) is 7.80. The number of unbranched alkanes of at least 4 members (excludes halogenated alkanes) is 1. The molecule has 2 atom stereocenters. The Morgan fingerprint density at radius 1 is 1.00 bits per heavy atom. The highest BCUT2D eigenvalue weighted by atomic mass is 32.1. The van der Waals surface area contributed by atoms with Crippen molar-refractivity contribution in [3.8, 4) is 0 Å². The van der Waals surface area contributed by atoms with E-state index in [-0.39, 0.29) is 23.8 Å². The van der Waals surface area contributed by atoms with Crippen molar-refractivity contribution in [1.82, 2.24) is 14.7 Å². The van der Waals surface area contributed by atoms with Crippen LogP contribution in [0.2, 0.25) is 0 Å². The first kappa shape index (κ1) is 25.9. The van der Waals surface area contributed by atoms with Crippen molar-refractivity contribution in [2.75, 3.05) is 39.3 Å². The number of thiophene rings is 1. The van der Waals surface area contributed by atoms with Gasteiger partial charge in [0.25, 0.3) is 0 Å². The van der Waals surface area contributed by atoms with Crippen molar-refractivity contribution in [2.45, 2.75) is 65.3 Å². The Balaban J connectivity index is 1.43. The summed E-state index contributed by atoms with van der Waals surface area (Å²) in [4.78, 5) is 34.5. The molecule has 6 heteroatoms. The van der Waals surface area contributed by atoms with E-state index < -0.39 is 0 Å². The number of hydrogen-bond acceptors (Lipinski definition) is 4. The van der Waals surface area contributed by atoms with E-state index in [4.69, 9.17) is 0 Å². The van der Waals surface area contributed by atoms with Crippen LogP contribution >= 0.6 is 11.3 Å². The van der Waals surface area contributed by atoms with Gasteiger partial charge in [-0.15, -0.1) is 11.3 Å². The summed E-state index contributed by atoms with van der Waals surface area (Å²) < 4.78 is 0. The van der Waals surface area contributed by atoms with Crippen LogP contribution in [0.4, 0.5) is 0 Å². The van der Waals surface area contributed by atoms with Gasteiger partial charge in [-0.05, 0) is 60.7 Å². The molecule has 1 saturated heterocycles. The van der Waals surface area contributed by atoms with Crippen LogP contribution in [0.5, 0.6) is 0 Å². The van der Waals surface area contributed by atoms with Crippen LogP contribution in [0.3, 0.4) is 0 Å². The molecular formula is C29H41N3O2S. The third kappa shape index (κ3) is 5.97. The van der Waals surface area contributed by atoms with Crippen molar-refractivity contribution in [3.05, 3.63) is 57.3 Å². The second kappa shape index (κ2) is 12.2. The highest BCUT2D eigenvalue weighted by molar-refractivity contribution is 7.10. The number of aryl methyl sites for hydroxylation is 1. The molecule has 1 fully saturated rings. The molecule has 0 saturated carbocycles. The molecule has 2 aromatic rings. The van der Waals surface area contributed by atoms with Crippen molar-refractivity contribution in [2.24, 2.45) is 5.92 Å². The van der Waals surface area contributed by atoms with E-state index in [1.807, 2.05) is 21.1 Å². The highest BCUT2D eigenvalue weighted by Gasteiger charge is 2.33. The number of rotatable bonds is 8. The highest BCUT2D eigenvalue weighted by Crippen LogP contribution is 2.38. The Labute approximate surface area is 215 Å². The first-order valence-corrected chi connectivity index (χ1v) is 14.3. The molecule has 0 spiro atoms. The van der Waals surface area contributed by atoms with Crippen molar-refractivity contribution >= 4 is 23.2 Å². The van der Waals surface area contributed by atoms with E-state index in [0.29, 0.717) is 19.6 Å². The summed E-state index contributed by atoms with van der Waals surface area (Å²) in [7, 11) is 0. The molecule has 0 N–H and O–H groups in total. The summed E-state index contributed by atoms with van der Waals surface area (Å²) in [5.41, 5.74) is 3.92. The SMILES string of the molecule is CCCC[C@H](CC)C(=O)N1CCCN(C(=O)CN2CCc3sccc3[C@H]2c2ccccc2C)CC1. The van der Waals surface area contributed by atoms with Gasteiger partial charge in [0, 0.05) is 43.5 Å². The zero-order valence-electron chi connectivity index (χ0n) is 21.7. The molecule has 0 bridgehead atoms. The minimum Gasteiger partial charge on any atom is -0.341 e. The molecule has 4 rings (SSSR count). The number of carbonyl (C=O) groups is 2. The second-order valence-electron chi connectivity index (χ2n) is 10.1. The number of nitrogens with zero attached hydrogens (tertiary/aromatic N) is 3. The second-order valence-corrected chi connectivity index (χ2v) is 11.1. The van der Waals surface area contributed by atoms with Crippen LogP contribution < -0.4 is 0 Å². The molecular weight excluding hydrogens is 454 g/mol. The van der Waals surface area contributed by atoms with Gasteiger partial charge in [0.2, 0.25) is 11.8 Å². The smallest absolute Gasteiger partial charge is 0.236 e. The van der Waals surface area contributed by atoms with Crippen molar-refractivity contribution < 1.29 is 9.59 Å². The van der Waals surface area contributed by atoms with Crippen LogP contribution in [0.1, 0.15) is 73.6 Å². The van der Waals surface area contributed by atoms with E-state index in [2.05, 4.69) is 61.4 Å². The Morgan fingerprint density at radius 3 is 2.54 bits per heavy atom. The summed E-state index contributed by atoms with van der Waals surface area (Å²) >= 11 is 1.83. The van der Waals surface area contributed by atoms with Crippen LogP contribution in [0, 0.1) is 12.8 Å². The van der Waals surface area contributed by atoms with Crippen LogP contribution in [0.25, 0.3) is 0 Å². The van der Waals surface area contributed by atoms with E-state index in [1.165, 1.54) is 21.6 Å². The van der Waals surface area contributed by atoms with Crippen molar-refractivity contribution in [1.29, 1.82) is 0 Å². The van der Waals surface area contributed by atoms with E-state index >= 15 is 0 Å². The molecule has 190 valence electrons. The van der Waals surface area contributed by atoms with Crippen LogP contribution in [-0.2, 0) is 16.0 Å². The van der Waals surface area contributed by atoms with Crippen LogP contribution in [-0.4, -0.2) is 65.8 Å². The Hall–Kier alpha value is -2.18. The van der Waals surface area contributed by atoms with Gasteiger partial charge >= 0.3 is 0 Å². The minimum absolute atomic E-state index is 0.125. The molecule has 2 aliphatic heterocycles. The maximum absolute atomic E-state index is 13.5. The Bertz CT molecular complexity index is 1000. The molecule has 0 aliphatic carbocycles. The molecule has 2 amide bonds. The van der Waals surface area contributed by atoms with Gasteiger partial charge in [0.15, 0.2) is 0 Å². The van der Waals surface area contributed by atoms with Gasteiger partial charge in [-0.2, -0.15) is 0 Å². The number of hydrogen-bond donors (Lipinski definition) is 0. The fourth-order valence-corrected chi connectivity index (χ4v) is 6.57. The van der Waals surface area contributed by atoms with Gasteiger partial charge < -0.3 is 9.80 Å². The fourth-order valence-electron chi connectivity index (χ4n) is 5.67. The molecule has 35 heavy (non-hydrogen) atoms. The first-order valence-electron chi connectivity index (χ1n) is 13.5. The van der Waals surface area contributed by atoms with Gasteiger partial charge in [0.1, 0.15) is 0 Å². The average molecular weight is 496 g/mol. The average Bonchev–Trinajstić information content (AvgIpc) is 3.20. The first-order chi connectivity index (χ1) is 17.0. The molecule has 2 aliphatic rings. The molecule has 0 radical (unpaired) electrons. The third-order valence-corrected chi connectivity index (χ3v) is 8.79. The lowest BCUT2D eigenvalue weighted by atomic mass is 9.90. The zero-order valence-corrected chi connectivity index (χ0v) is 22.5. The van der Waals surface area contributed by atoms with E-state index in [0.717, 1.165) is 58.2 Å². The van der Waals surface area contributed by atoms with Gasteiger partial charge in [-0.3, -0.25) is 14.5 Å². The number of fused-ring (bicyclic) bond motifs is 1. The van der Waals surface area contributed by atoms with Gasteiger partial charge in [-0.25, -0.2) is 0 Å². The summed E-state index contributed by atoms with van der Waals surface area (Å²) in [6, 6.07) is 10.9. The monoisotopic (exact) mass is 495 g/mol. The largest absolute Gasteiger partial charge is 0.341 e. The molecule has 3 heterocycles. The Morgan fingerprint density at radius 2 is 1.77 bits per heavy atom. The predicted octanol–water partition coefficient (Wildman–Crippen LogP) is 5.28. The normalized spacial score (nSPS) is 19.8. The number of carbonyl (C=O) groups excluding carboxylic acids is 2. The standard InChI is InChI=1S/C29H41N3O2S/c1-4-6-11-23(5-2)29(34)31-16-9-15-30(18-19-31)27(33)21-32-17-13-26-25(14-20-35-26)28(32)24-12-8-7-10-22(24)3/h7-8,10,12,14,20,23,28H,4-6,9,11,13,15-19,21H2,1-3H3/t23-,28+/m0/s1. The quantitative estimate of drug-likeness (QED) is 0.500. The van der Waals surface area contributed by atoms with E-state index in [9.17, 15) is 9.59 Å². The van der Waals surface area contributed by atoms with E-state index in [1.54, 1.807) is 0 Å². The predicted molar refractivity (Wildman–Crippen MR) is 144 cm³/mol. The summed E-state index contributed by atoms with van der Waals surface area (Å²) in [5, 5.41) is 2.19. The lowest BCUT2D eigenvalue weighted by molar-refractivity contribution is -0.137. The maximum Gasteiger partial charge on any atom is 0.236 e. The topological polar surface area (TPSA) is 43.9 Å². The zero-order chi connectivity index (χ0) is 24.8.